The molecule has 1 aliphatic heterocycles. The molecule has 7 nitrogen and oxygen atoms in total. The topological polar surface area (TPSA) is 93.2 Å². The molecular formula is C21H18F2N4O3S. The van der Waals surface area contributed by atoms with E-state index in [-0.39, 0.29) is 39.5 Å². The van der Waals surface area contributed by atoms with Crippen LogP contribution in [-0.2, 0) is 4.74 Å². The monoisotopic (exact) mass is 444 g/mol. The Kier molecular flexibility index (Phi) is 6.28. The molecule has 2 amide bonds. The minimum Gasteiger partial charge on any atom is -0.381 e. The van der Waals surface area contributed by atoms with E-state index >= 15 is 0 Å². The lowest BCUT2D eigenvalue weighted by molar-refractivity contribution is 0.0696. The van der Waals surface area contributed by atoms with E-state index < -0.39 is 17.5 Å². The van der Waals surface area contributed by atoms with Crippen LogP contribution >= 0.6 is 11.3 Å². The first-order valence-corrected chi connectivity index (χ1v) is 10.4. The molecule has 0 atom stereocenters. The Morgan fingerprint density at radius 1 is 1.10 bits per heavy atom. The zero-order valence-electron chi connectivity index (χ0n) is 16.2. The third kappa shape index (κ3) is 4.75. The molecule has 0 radical (unpaired) electrons. The van der Waals surface area contributed by atoms with Gasteiger partial charge in [0.25, 0.3) is 11.8 Å². The molecule has 1 saturated heterocycles. The maximum atomic E-state index is 14.0. The summed E-state index contributed by atoms with van der Waals surface area (Å²) in [5.41, 5.74) is 0.163. The summed E-state index contributed by atoms with van der Waals surface area (Å²) in [6.45, 7) is 1.16. The Balaban J connectivity index is 1.51. The van der Waals surface area contributed by atoms with Gasteiger partial charge in [-0.05, 0) is 31.0 Å². The highest BCUT2D eigenvalue weighted by Gasteiger charge is 2.22. The van der Waals surface area contributed by atoms with Gasteiger partial charge in [0.15, 0.2) is 0 Å². The number of carbonyl (C=O) groups excluding carboxylic acids is 2. The van der Waals surface area contributed by atoms with Crippen molar-refractivity contribution in [1.29, 1.82) is 0 Å². The van der Waals surface area contributed by atoms with Gasteiger partial charge in [0.1, 0.15) is 22.3 Å². The Labute approximate surface area is 180 Å². The van der Waals surface area contributed by atoms with Gasteiger partial charge in [-0.1, -0.05) is 6.07 Å². The summed E-state index contributed by atoms with van der Waals surface area (Å²) in [5.74, 6) is -2.49. The van der Waals surface area contributed by atoms with Crippen molar-refractivity contribution in [1.82, 2.24) is 15.3 Å². The lowest BCUT2D eigenvalue weighted by Gasteiger charge is -2.23. The normalized spacial score (nSPS) is 14.3. The number of carbonyl (C=O) groups is 2. The lowest BCUT2D eigenvalue weighted by atomic mass is 10.1. The van der Waals surface area contributed by atoms with Crippen molar-refractivity contribution in [3.8, 4) is 10.6 Å². The predicted octanol–water partition coefficient (Wildman–Crippen LogP) is 3.64. The molecule has 0 unspecified atom stereocenters. The molecular weight excluding hydrogens is 426 g/mol. The number of nitrogens with one attached hydrogen (secondary N) is 2. The molecule has 3 heterocycles. The van der Waals surface area contributed by atoms with Crippen molar-refractivity contribution in [2.45, 2.75) is 18.9 Å². The fraction of sp³-hybridized carbons (Fsp3) is 0.238. The smallest absolute Gasteiger partial charge is 0.275 e. The first kappa shape index (κ1) is 21.0. The van der Waals surface area contributed by atoms with Gasteiger partial charge >= 0.3 is 0 Å². The average molecular weight is 444 g/mol. The summed E-state index contributed by atoms with van der Waals surface area (Å²) in [6.07, 6.45) is 4.23. The average Bonchev–Trinajstić information content (AvgIpc) is 3.24. The number of hydrogen-bond donors (Lipinski definition) is 2. The molecule has 160 valence electrons. The van der Waals surface area contributed by atoms with Crippen LogP contribution in [0.5, 0.6) is 0 Å². The highest BCUT2D eigenvalue weighted by Crippen LogP contribution is 2.29. The van der Waals surface area contributed by atoms with Gasteiger partial charge in [0.2, 0.25) is 0 Å². The molecule has 2 aromatic heterocycles. The van der Waals surface area contributed by atoms with E-state index in [0.29, 0.717) is 26.1 Å². The number of aromatic nitrogens is 2. The largest absolute Gasteiger partial charge is 0.381 e. The third-order valence-corrected chi connectivity index (χ3v) is 5.64. The maximum absolute atomic E-state index is 14.0. The predicted molar refractivity (Wildman–Crippen MR) is 111 cm³/mol. The number of amides is 2. The van der Waals surface area contributed by atoms with Crippen LogP contribution in [0.2, 0.25) is 0 Å². The number of nitrogens with zero attached hydrogens (tertiary/aromatic N) is 2. The highest BCUT2D eigenvalue weighted by molar-refractivity contribution is 7.13. The number of hydrogen-bond acceptors (Lipinski definition) is 6. The number of rotatable bonds is 5. The second-order valence-corrected chi connectivity index (χ2v) is 7.73. The van der Waals surface area contributed by atoms with E-state index in [9.17, 15) is 18.4 Å². The van der Waals surface area contributed by atoms with Crippen molar-refractivity contribution in [3.63, 3.8) is 0 Å². The molecule has 3 aromatic rings. The van der Waals surface area contributed by atoms with Gasteiger partial charge < -0.3 is 15.4 Å². The second-order valence-electron chi connectivity index (χ2n) is 6.87. The van der Waals surface area contributed by atoms with Crippen LogP contribution in [0, 0.1) is 11.6 Å². The fourth-order valence-corrected chi connectivity index (χ4v) is 4.02. The Bertz CT molecular complexity index is 1100. The van der Waals surface area contributed by atoms with Crippen LogP contribution in [0.3, 0.4) is 0 Å². The molecule has 1 aliphatic rings. The molecule has 0 aliphatic carbocycles. The Hall–Kier alpha value is -3.24. The van der Waals surface area contributed by atoms with Crippen molar-refractivity contribution in [2.24, 2.45) is 0 Å². The molecule has 0 bridgehead atoms. The number of benzene rings is 1. The van der Waals surface area contributed by atoms with Crippen molar-refractivity contribution in [2.75, 3.05) is 18.5 Å². The molecule has 0 saturated carbocycles. The van der Waals surface area contributed by atoms with E-state index in [4.69, 9.17) is 4.74 Å². The number of pyridine rings is 1. The molecule has 1 fully saturated rings. The van der Waals surface area contributed by atoms with E-state index in [0.717, 1.165) is 23.5 Å². The summed E-state index contributed by atoms with van der Waals surface area (Å²) in [6, 6.07) is 4.99. The summed E-state index contributed by atoms with van der Waals surface area (Å²) in [7, 11) is 0. The van der Waals surface area contributed by atoms with Gasteiger partial charge in [-0.25, -0.2) is 13.8 Å². The minimum atomic E-state index is -0.762. The van der Waals surface area contributed by atoms with Crippen molar-refractivity contribution < 1.29 is 23.1 Å². The van der Waals surface area contributed by atoms with E-state index in [1.165, 1.54) is 29.9 Å². The quantitative estimate of drug-likeness (QED) is 0.627. The summed E-state index contributed by atoms with van der Waals surface area (Å²) >= 11 is 0.948. The zero-order valence-corrected chi connectivity index (χ0v) is 17.0. The first-order chi connectivity index (χ1) is 15.0. The van der Waals surface area contributed by atoms with Crippen LogP contribution < -0.4 is 10.6 Å². The van der Waals surface area contributed by atoms with Gasteiger partial charge in [0, 0.05) is 37.0 Å². The first-order valence-electron chi connectivity index (χ1n) is 9.57. The molecule has 31 heavy (non-hydrogen) atoms. The number of thiazole rings is 1. The van der Waals surface area contributed by atoms with Crippen LogP contribution in [0.1, 0.15) is 33.7 Å². The van der Waals surface area contributed by atoms with Crippen LogP contribution in [0.15, 0.2) is 42.0 Å². The Morgan fingerprint density at radius 2 is 1.84 bits per heavy atom. The zero-order chi connectivity index (χ0) is 21.8. The molecule has 10 heteroatoms. The van der Waals surface area contributed by atoms with Gasteiger partial charge in [-0.15, -0.1) is 11.3 Å². The van der Waals surface area contributed by atoms with Gasteiger partial charge in [-0.2, -0.15) is 0 Å². The fourth-order valence-electron chi connectivity index (χ4n) is 3.17. The van der Waals surface area contributed by atoms with Crippen molar-refractivity contribution in [3.05, 3.63) is 64.9 Å². The van der Waals surface area contributed by atoms with E-state index in [1.807, 2.05) is 0 Å². The minimum absolute atomic E-state index is 0.0122. The summed E-state index contributed by atoms with van der Waals surface area (Å²) < 4.78 is 33.3. The SMILES string of the molecule is O=C(Nc1ccncc1C(=O)NC1CCOCC1)c1csc(-c2c(F)cccc2F)n1. The number of ether oxygens (including phenoxy) is 1. The summed E-state index contributed by atoms with van der Waals surface area (Å²) in [5, 5.41) is 7.00. The maximum Gasteiger partial charge on any atom is 0.275 e. The van der Waals surface area contributed by atoms with Crippen LogP contribution in [-0.4, -0.2) is 41.0 Å². The summed E-state index contributed by atoms with van der Waals surface area (Å²) in [4.78, 5) is 33.4. The van der Waals surface area contributed by atoms with Gasteiger partial charge in [0.05, 0.1) is 16.8 Å². The Morgan fingerprint density at radius 3 is 2.58 bits per heavy atom. The third-order valence-electron chi connectivity index (χ3n) is 4.78. The highest BCUT2D eigenvalue weighted by atomic mass is 32.1. The van der Waals surface area contributed by atoms with Crippen LogP contribution in [0.4, 0.5) is 14.5 Å². The molecule has 0 spiro atoms. The van der Waals surface area contributed by atoms with Crippen LogP contribution in [0.25, 0.3) is 10.6 Å². The standard InChI is InChI=1S/C21H18F2N4O3S/c22-14-2-1-3-15(23)18(14)21-27-17(11-31-21)20(29)26-16-4-7-24-10-13(16)19(28)25-12-5-8-30-9-6-12/h1-4,7,10-12H,5-6,8-9H2,(H,25,28)(H,24,26,29). The lowest BCUT2D eigenvalue weighted by Crippen LogP contribution is -2.39. The number of anilines is 1. The number of halogens is 2. The molecule has 1 aromatic carbocycles. The molecule has 4 rings (SSSR count). The van der Waals surface area contributed by atoms with Crippen molar-refractivity contribution >= 4 is 28.8 Å². The van der Waals surface area contributed by atoms with E-state index in [2.05, 4.69) is 20.6 Å². The molecule has 2 N–H and O–H groups in total. The van der Waals surface area contributed by atoms with E-state index in [1.54, 1.807) is 0 Å². The van der Waals surface area contributed by atoms with Gasteiger partial charge in [-0.3, -0.25) is 14.6 Å². The second kappa shape index (κ2) is 9.27.